The van der Waals surface area contributed by atoms with Gasteiger partial charge in [0.2, 0.25) is 11.9 Å². The molecule has 1 aromatic heterocycles. The van der Waals surface area contributed by atoms with Crippen molar-refractivity contribution >= 4 is 68.7 Å². The number of carbonyl (C=O) groups is 3. The summed E-state index contributed by atoms with van der Waals surface area (Å²) in [6, 6.07) is 9.56. The molecule has 3 aromatic rings. The molecule has 3 rings (SSSR count). The van der Waals surface area contributed by atoms with Gasteiger partial charge < -0.3 is 25.4 Å². The van der Waals surface area contributed by atoms with Crippen LogP contribution in [-0.2, 0) is 11.3 Å². The zero-order valence-corrected chi connectivity index (χ0v) is 23.5. The van der Waals surface area contributed by atoms with Crippen molar-refractivity contribution in [3.63, 3.8) is 0 Å². The zero-order valence-electron chi connectivity index (χ0n) is 20.4. The molecule has 1 heterocycles. The number of halogens is 3. The maximum atomic E-state index is 13.1. The minimum absolute atomic E-state index is 0.0148. The van der Waals surface area contributed by atoms with Gasteiger partial charge in [0.05, 0.1) is 27.6 Å². The number of benzene rings is 2. The largest absolute Gasteiger partial charge is 0.490 e. The van der Waals surface area contributed by atoms with E-state index in [1.165, 1.54) is 19.1 Å². The standard InChI is InChI=1S/C25H22BrCl2N5O6/c1-3-8-38-16-6-4-15(5-7-16)21-20(13(2)39-32-21)23(35)31-24(29)33(25(36)37)12-14-9-17(27)22(18(28)10-14)30-19(34)11-26/h3-7,9-10H,1,8,11-12H2,2H3,(H,30,34)(H,36,37)(H2,29,31,35). The molecule has 0 aliphatic carbocycles. The van der Waals surface area contributed by atoms with Gasteiger partial charge in [-0.05, 0) is 48.9 Å². The van der Waals surface area contributed by atoms with Crippen LogP contribution in [-0.4, -0.2) is 51.0 Å². The molecule has 39 heavy (non-hydrogen) atoms. The molecule has 2 aromatic carbocycles. The van der Waals surface area contributed by atoms with E-state index in [0.29, 0.717) is 28.4 Å². The number of hydrogen-bond acceptors (Lipinski definition) is 6. The molecule has 0 saturated carbocycles. The lowest BCUT2D eigenvalue weighted by molar-refractivity contribution is -0.113. The molecule has 3 amide bonds. The smallest absolute Gasteiger partial charge is 0.414 e. The van der Waals surface area contributed by atoms with Crippen LogP contribution in [0.3, 0.4) is 0 Å². The summed E-state index contributed by atoms with van der Waals surface area (Å²) in [6.07, 6.45) is 0.128. The van der Waals surface area contributed by atoms with Crippen molar-refractivity contribution in [3.05, 3.63) is 76.0 Å². The lowest BCUT2D eigenvalue weighted by atomic mass is 10.1. The van der Waals surface area contributed by atoms with Crippen molar-refractivity contribution < 1.29 is 28.8 Å². The Labute approximate surface area is 241 Å². The summed E-state index contributed by atoms with van der Waals surface area (Å²) >= 11 is 15.5. The number of aliphatic imine (C=N–C) groups is 1. The van der Waals surface area contributed by atoms with E-state index in [4.69, 9.17) is 38.2 Å². The van der Waals surface area contributed by atoms with E-state index >= 15 is 0 Å². The number of alkyl halides is 1. The van der Waals surface area contributed by atoms with Crippen LogP contribution in [0.1, 0.15) is 21.7 Å². The highest BCUT2D eigenvalue weighted by molar-refractivity contribution is 9.09. The van der Waals surface area contributed by atoms with Crippen molar-refractivity contribution in [1.29, 1.82) is 0 Å². The van der Waals surface area contributed by atoms with Crippen LogP contribution < -0.4 is 15.8 Å². The number of nitrogens with zero attached hydrogens (tertiary/aromatic N) is 3. The zero-order chi connectivity index (χ0) is 28.7. The first kappa shape index (κ1) is 29.7. The highest BCUT2D eigenvalue weighted by Crippen LogP contribution is 2.33. The molecular formula is C25H22BrCl2N5O6. The van der Waals surface area contributed by atoms with Gasteiger partial charge in [0, 0.05) is 5.56 Å². The Hall–Kier alpha value is -3.87. The lowest BCUT2D eigenvalue weighted by Crippen LogP contribution is -2.41. The van der Waals surface area contributed by atoms with E-state index < -0.39 is 18.0 Å². The lowest BCUT2D eigenvalue weighted by Gasteiger charge is -2.19. The van der Waals surface area contributed by atoms with E-state index in [0.717, 1.165) is 0 Å². The Morgan fingerprint density at radius 2 is 1.90 bits per heavy atom. The summed E-state index contributed by atoms with van der Waals surface area (Å²) in [4.78, 5) is 41.2. The van der Waals surface area contributed by atoms with Crippen molar-refractivity contribution in [2.75, 3.05) is 17.3 Å². The Morgan fingerprint density at radius 1 is 1.26 bits per heavy atom. The molecule has 0 bridgehead atoms. The number of rotatable bonds is 9. The summed E-state index contributed by atoms with van der Waals surface area (Å²) in [6.45, 7) is 5.10. The number of ether oxygens (including phenoxy) is 1. The molecule has 0 fully saturated rings. The van der Waals surface area contributed by atoms with Crippen LogP contribution in [0, 0.1) is 6.92 Å². The van der Waals surface area contributed by atoms with Crippen molar-refractivity contribution in [2.45, 2.75) is 13.5 Å². The van der Waals surface area contributed by atoms with Gasteiger partial charge in [-0.1, -0.05) is 56.9 Å². The average molecular weight is 639 g/mol. The second kappa shape index (κ2) is 13.3. The predicted molar refractivity (Wildman–Crippen MR) is 151 cm³/mol. The first-order valence-electron chi connectivity index (χ1n) is 11.1. The minimum atomic E-state index is -1.48. The molecule has 204 valence electrons. The predicted octanol–water partition coefficient (Wildman–Crippen LogP) is 5.49. The van der Waals surface area contributed by atoms with Crippen molar-refractivity contribution in [3.8, 4) is 17.0 Å². The Kier molecular flexibility index (Phi) is 10.1. The molecule has 0 aliphatic heterocycles. The van der Waals surface area contributed by atoms with Gasteiger partial charge in [-0.15, -0.1) is 0 Å². The number of aryl methyl sites for hydroxylation is 1. The van der Waals surface area contributed by atoms with Crippen LogP contribution in [0.25, 0.3) is 11.3 Å². The summed E-state index contributed by atoms with van der Waals surface area (Å²) in [5.41, 5.74) is 7.19. The number of carbonyl (C=O) groups excluding carboxylic acids is 2. The maximum absolute atomic E-state index is 13.1. The van der Waals surface area contributed by atoms with E-state index in [-0.39, 0.29) is 50.5 Å². The third-order valence-corrected chi connectivity index (χ3v) is 6.23. The van der Waals surface area contributed by atoms with Gasteiger partial charge >= 0.3 is 6.09 Å². The number of aromatic nitrogens is 1. The molecular weight excluding hydrogens is 617 g/mol. The monoisotopic (exact) mass is 637 g/mol. The van der Waals surface area contributed by atoms with Gasteiger partial charge in [0.25, 0.3) is 5.91 Å². The Balaban J connectivity index is 1.87. The topological polar surface area (TPSA) is 160 Å². The van der Waals surface area contributed by atoms with E-state index in [2.05, 4.69) is 38.0 Å². The first-order valence-corrected chi connectivity index (χ1v) is 13.0. The van der Waals surface area contributed by atoms with E-state index in [9.17, 15) is 19.5 Å². The number of nitrogens with two attached hydrogens (primary N) is 1. The molecule has 0 atom stereocenters. The number of amides is 3. The van der Waals surface area contributed by atoms with Gasteiger partial charge in [-0.3, -0.25) is 9.59 Å². The third-order valence-electron chi connectivity index (χ3n) is 5.12. The van der Waals surface area contributed by atoms with E-state index in [1.54, 1.807) is 30.3 Å². The molecule has 0 unspecified atom stereocenters. The summed E-state index contributed by atoms with van der Waals surface area (Å²) in [5, 5.41) is 16.4. The normalized spacial score (nSPS) is 11.1. The third kappa shape index (κ3) is 7.37. The molecule has 0 radical (unpaired) electrons. The number of nitrogens with one attached hydrogen (secondary N) is 1. The van der Waals surface area contributed by atoms with Gasteiger partial charge in [0.1, 0.15) is 29.4 Å². The highest BCUT2D eigenvalue weighted by atomic mass is 79.9. The van der Waals surface area contributed by atoms with Crippen molar-refractivity contribution in [1.82, 2.24) is 10.1 Å². The second-order valence-electron chi connectivity index (χ2n) is 7.85. The fraction of sp³-hybridized carbons (Fsp3) is 0.160. The molecule has 11 nitrogen and oxygen atoms in total. The second-order valence-corrected chi connectivity index (χ2v) is 9.22. The average Bonchev–Trinajstić information content (AvgIpc) is 3.29. The van der Waals surface area contributed by atoms with Crippen LogP contribution in [0.15, 0.2) is 58.6 Å². The van der Waals surface area contributed by atoms with Crippen LogP contribution in [0.2, 0.25) is 10.0 Å². The molecule has 0 spiro atoms. The first-order chi connectivity index (χ1) is 18.5. The maximum Gasteiger partial charge on any atom is 0.414 e. The SMILES string of the molecule is C=CCOc1ccc(-c2noc(C)c2C(=O)N=C(N)N(Cc2cc(Cl)c(NC(=O)CBr)c(Cl)c2)C(=O)O)cc1. The summed E-state index contributed by atoms with van der Waals surface area (Å²) in [5.74, 6) is -1.08. The summed E-state index contributed by atoms with van der Waals surface area (Å²) < 4.78 is 10.7. The minimum Gasteiger partial charge on any atom is -0.490 e. The molecule has 4 N–H and O–H groups in total. The van der Waals surface area contributed by atoms with Crippen LogP contribution >= 0.6 is 39.1 Å². The summed E-state index contributed by atoms with van der Waals surface area (Å²) in [7, 11) is 0. The fourth-order valence-corrected chi connectivity index (χ4v) is 4.11. The van der Waals surface area contributed by atoms with Gasteiger partial charge in [0.15, 0.2) is 0 Å². The highest BCUT2D eigenvalue weighted by Gasteiger charge is 2.25. The Bertz CT molecular complexity index is 1420. The van der Waals surface area contributed by atoms with E-state index in [1.807, 2.05) is 0 Å². The number of anilines is 1. The van der Waals surface area contributed by atoms with Crippen molar-refractivity contribution in [2.24, 2.45) is 10.7 Å². The number of guanidine groups is 1. The molecule has 0 saturated heterocycles. The number of hydrogen-bond donors (Lipinski definition) is 3. The fourth-order valence-electron chi connectivity index (χ4n) is 3.34. The number of carboxylic acid groups (broad SMARTS) is 1. The quantitative estimate of drug-likeness (QED) is 0.120. The van der Waals surface area contributed by atoms with Gasteiger partial charge in [-0.25, -0.2) is 9.69 Å². The van der Waals surface area contributed by atoms with Gasteiger partial charge in [-0.2, -0.15) is 4.99 Å². The van der Waals surface area contributed by atoms with Crippen LogP contribution in [0.4, 0.5) is 10.5 Å². The Morgan fingerprint density at radius 3 is 2.46 bits per heavy atom. The van der Waals surface area contributed by atoms with Crippen LogP contribution in [0.5, 0.6) is 5.75 Å². The molecule has 0 aliphatic rings. The molecule has 14 heteroatoms.